The Labute approximate surface area is 245 Å². The molecule has 3 aliphatic rings. The van der Waals surface area contributed by atoms with E-state index in [2.05, 4.69) is 0 Å². The number of ketones is 3. The molecular weight excluding hydrogens is 562 g/mol. The monoisotopic (exact) mass is 593 g/mol. The van der Waals surface area contributed by atoms with Gasteiger partial charge in [-0.25, -0.2) is 0 Å². The first-order chi connectivity index (χ1) is 20.5. The van der Waals surface area contributed by atoms with Gasteiger partial charge in [0.05, 0.1) is 42.0 Å². The molecule has 2 aromatic carbocycles. The van der Waals surface area contributed by atoms with Crippen molar-refractivity contribution in [3.8, 4) is 17.2 Å². The second kappa shape index (κ2) is 10.6. The van der Waals surface area contributed by atoms with E-state index in [0.717, 1.165) is 0 Å². The summed E-state index contributed by atoms with van der Waals surface area (Å²) in [7, 11) is 1.33. The van der Waals surface area contributed by atoms with Gasteiger partial charge in [0.25, 0.3) is 0 Å². The first kappa shape index (κ1) is 29.0. The summed E-state index contributed by atoms with van der Waals surface area (Å²) in [6.07, 6.45) is -1.26. The molecule has 0 saturated carbocycles. The second-order valence-electron chi connectivity index (χ2n) is 11.2. The van der Waals surface area contributed by atoms with Crippen LogP contribution in [0.15, 0.2) is 42.7 Å². The number of Topliss-reactive ketones (excluding diaryl/α,β-unsaturated/α-hetero) is 1. The molecule has 226 valence electrons. The molecular formula is C31H31NO11. The molecule has 0 spiro atoms. The minimum atomic E-state index is -2.24. The predicted molar refractivity (Wildman–Crippen MR) is 147 cm³/mol. The van der Waals surface area contributed by atoms with Crippen LogP contribution in [0.1, 0.15) is 74.9 Å². The Bertz CT molecular complexity index is 1630. The Hall–Kier alpha value is -4.07. The van der Waals surface area contributed by atoms with Crippen LogP contribution in [0.3, 0.4) is 0 Å². The second-order valence-corrected chi connectivity index (χ2v) is 11.2. The lowest BCUT2D eigenvalue weighted by Gasteiger charge is -2.43. The number of hydrogen-bond acceptors (Lipinski definition) is 11. The van der Waals surface area contributed by atoms with Crippen molar-refractivity contribution in [3.63, 3.8) is 0 Å². The van der Waals surface area contributed by atoms with Crippen molar-refractivity contribution in [3.05, 3.63) is 76.1 Å². The van der Waals surface area contributed by atoms with Gasteiger partial charge in [0.15, 0.2) is 17.9 Å². The molecule has 3 aromatic rings. The average molecular weight is 594 g/mol. The number of phenols is 2. The van der Waals surface area contributed by atoms with Gasteiger partial charge < -0.3 is 44.3 Å². The number of rotatable bonds is 6. The molecule has 5 N–H and O–H groups in total. The van der Waals surface area contributed by atoms with E-state index in [9.17, 15) is 39.9 Å². The number of benzene rings is 2. The van der Waals surface area contributed by atoms with Crippen LogP contribution < -0.4 is 4.74 Å². The highest BCUT2D eigenvalue weighted by Gasteiger charge is 2.50. The number of aliphatic hydroxyl groups is 3. The fourth-order valence-electron chi connectivity index (χ4n) is 6.56. The van der Waals surface area contributed by atoms with Crippen LogP contribution in [0.4, 0.5) is 0 Å². The van der Waals surface area contributed by atoms with E-state index < -0.39 is 95.7 Å². The molecule has 0 amide bonds. The van der Waals surface area contributed by atoms with Gasteiger partial charge in [-0.1, -0.05) is 12.1 Å². The number of ether oxygens (including phenoxy) is 3. The number of aliphatic hydroxyl groups excluding tert-OH is 2. The number of nitrogens with zero attached hydrogens (tertiary/aromatic N) is 1. The fraction of sp³-hybridized carbons (Fsp3) is 0.387. The molecule has 1 fully saturated rings. The van der Waals surface area contributed by atoms with Gasteiger partial charge in [0, 0.05) is 48.3 Å². The van der Waals surface area contributed by atoms with E-state index in [1.54, 1.807) is 36.0 Å². The van der Waals surface area contributed by atoms with Gasteiger partial charge >= 0.3 is 0 Å². The minimum absolute atomic E-state index is 0.0454. The lowest BCUT2D eigenvalue weighted by molar-refractivity contribution is -0.254. The number of aromatic hydroxyl groups is 2. The molecule has 2 heterocycles. The SMILES string of the molecule is COc1cccc2c1C(=O)c1c(O)c3c(c(O)c1C2=O)C[C@@](O)(C(=O)CO)C[C@@H]3OC1CC(n2cccc2)C(O)C(C)O1. The third-order valence-corrected chi connectivity index (χ3v) is 8.74. The number of carbonyl (C=O) groups is 3. The summed E-state index contributed by atoms with van der Waals surface area (Å²) in [5, 5.41) is 55.0. The zero-order chi connectivity index (χ0) is 30.8. The molecule has 43 heavy (non-hydrogen) atoms. The van der Waals surface area contributed by atoms with Gasteiger partial charge in [-0.05, 0) is 25.1 Å². The van der Waals surface area contributed by atoms with Crippen LogP contribution in [0.5, 0.6) is 17.2 Å². The normalized spacial score (nSPS) is 28.2. The summed E-state index contributed by atoms with van der Waals surface area (Å²) in [6, 6.07) is 7.54. The highest BCUT2D eigenvalue weighted by molar-refractivity contribution is 6.31. The lowest BCUT2D eigenvalue weighted by Crippen LogP contribution is -2.49. The maximum absolute atomic E-state index is 13.8. The van der Waals surface area contributed by atoms with Crippen molar-refractivity contribution in [2.45, 2.75) is 62.4 Å². The van der Waals surface area contributed by atoms with Gasteiger partial charge in [-0.3, -0.25) is 14.4 Å². The smallest absolute Gasteiger partial charge is 0.202 e. The van der Waals surface area contributed by atoms with Crippen molar-refractivity contribution in [2.24, 2.45) is 0 Å². The van der Waals surface area contributed by atoms with E-state index in [-0.39, 0.29) is 34.4 Å². The average Bonchev–Trinajstić information content (AvgIpc) is 3.53. The zero-order valence-electron chi connectivity index (χ0n) is 23.4. The number of aromatic nitrogens is 1. The first-order valence-electron chi connectivity index (χ1n) is 13.9. The Kier molecular flexibility index (Phi) is 7.14. The maximum Gasteiger partial charge on any atom is 0.202 e. The minimum Gasteiger partial charge on any atom is -0.507 e. The van der Waals surface area contributed by atoms with Crippen molar-refractivity contribution in [1.29, 1.82) is 0 Å². The topological polar surface area (TPSA) is 185 Å². The first-order valence-corrected chi connectivity index (χ1v) is 13.9. The summed E-state index contributed by atoms with van der Waals surface area (Å²) in [4.78, 5) is 40.2. The van der Waals surface area contributed by atoms with Crippen molar-refractivity contribution in [2.75, 3.05) is 13.7 Å². The van der Waals surface area contributed by atoms with Crippen LogP contribution in [0, 0.1) is 0 Å². The molecule has 6 rings (SSSR count). The number of fused-ring (bicyclic) bond motifs is 3. The van der Waals surface area contributed by atoms with Crippen molar-refractivity contribution >= 4 is 17.3 Å². The van der Waals surface area contributed by atoms with Crippen molar-refractivity contribution in [1.82, 2.24) is 4.57 Å². The number of carbonyl (C=O) groups excluding carboxylic acids is 3. The predicted octanol–water partition coefficient (Wildman–Crippen LogP) is 1.72. The summed E-state index contributed by atoms with van der Waals surface area (Å²) in [6.45, 7) is 0.644. The number of hydrogen-bond donors (Lipinski definition) is 5. The largest absolute Gasteiger partial charge is 0.507 e. The van der Waals surface area contributed by atoms with E-state index in [0.29, 0.717) is 0 Å². The van der Waals surface area contributed by atoms with Crippen LogP contribution in [-0.4, -0.2) is 85.3 Å². The van der Waals surface area contributed by atoms with Crippen LogP contribution in [-0.2, 0) is 20.7 Å². The standard InChI is InChI=1S/C31H31NO11/c1-14-26(35)17(32-8-3-4-9-32)10-21(42-14)43-19-12-31(40,20(34)13-33)11-16-23(19)30(39)25-24(28(16)37)27(36)15-6-5-7-18(41-2)22(15)29(25)38/h3-9,14,17,19,21,26,33,35,37,39-40H,10-13H2,1-2H3/t14?,17?,19-,21?,26?,31-/m0/s1. The number of phenolic OH excluding ortho intramolecular Hbond substituents is 2. The van der Waals surface area contributed by atoms with Crippen LogP contribution in [0.2, 0.25) is 0 Å². The molecule has 1 saturated heterocycles. The quantitative estimate of drug-likeness (QED) is 0.205. The number of methoxy groups -OCH3 is 1. The summed E-state index contributed by atoms with van der Waals surface area (Å²) in [5.41, 5.74) is -3.56. The summed E-state index contributed by atoms with van der Waals surface area (Å²) >= 11 is 0. The highest BCUT2D eigenvalue weighted by atomic mass is 16.7. The molecule has 6 atom stereocenters. The fourth-order valence-corrected chi connectivity index (χ4v) is 6.56. The summed E-state index contributed by atoms with van der Waals surface area (Å²) < 4.78 is 19.3. The summed E-state index contributed by atoms with van der Waals surface area (Å²) in [5.74, 6) is -3.71. The Morgan fingerprint density at radius 3 is 2.44 bits per heavy atom. The van der Waals surface area contributed by atoms with E-state index in [1.807, 2.05) is 0 Å². The maximum atomic E-state index is 13.8. The molecule has 4 unspecified atom stereocenters. The zero-order valence-corrected chi connectivity index (χ0v) is 23.4. The Balaban J connectivity index is 1.48. The molecule has 0 bridgehead atoms. The van der Waals surface area contributed by atoms with E-state index in [1.165, 1.54) is 25.3 Å². The van der Waals surface area contributed by atoms with Gasteiger partial charge in [-0.15, -0.1) is 0 Å². The third kappa shape index (κ3) is 4.45. The van der Waals surface area contributed by atoms with Crippen LogP contribution in [0.25, 0.3) is 0 Å². The van der Waals surface area contributed by atoms with Gasteiger partial charge in [-0.2, -0.15) is 0 Å². The third-order valence-electron chi connectivity index (χ3n) is 8.74. The molecule has 1 aliphatic heterocycles. The van der Waals surface area contributed by atoms with Gasteiger partial charge in [0.1, 0.15) is 35.6 Å². The van der Waals surface area contributed by atoms with E-state index in [4.69, 9.17) is 14.2 Å². The molecule has 2 aliphatic carbocycles. The van der Waals surface area contributed by atoms with Crippen LogP contribution >= 0.6 is 0 Å². The Morgan fingerprint density at radius 2 is 1.77 bits per heavy atom. The molecule has 1 aromatic heterocycles. The molecule has 12 heteroatoms. The van der Waals surface area contributed by atoms with Crippen molar-refractivity contribution < 1.29 is 54.1 Å². The molecule has 0 radical (unpaired) electrons. The molecule has 12 nitrogen and oxygen atoms in total. The highest BCUT2D eigenvalue weighted by Crippen LogP contribution is 2.52. The Morgan fingerprint density at radius 1 is 1.07 bits per heavy atom. The van der Waals surface area contributed by atoms with E-state index >= 15 is 0 Å². The van der Waals surface area contributed by atoms with Gasteiger partial charge in [0.2, 0.25) is 5.78 Å². The lowest BCUT2D eigenvalue weighted by atomic mass is 9.72.